The van der Waals surface area contributed by atoms with Crippen LogP contribution < -0.4 is 14.8 Å². The highest BCUT2D eigenvalue weighted by atomic mass is 32.2. The van der Waals surface area contributed by atoms with Gasteiger partial charge in [-0.2, -0.15) is 0 Å². The minimum Gasteiger partial charge on any atom is -0.493 e. The van der Waals surface area contributed by atoms with Crippen LogP contribution in [0.15, 0.2) is 53.7 Å². The van der Waals surface area contributed by atoms with Crippen molar-refractivity contribution in [3.63, 3.8) is 0 Å². The molecule has 1 heterocycles. The predicted molar refractivity (Wildman–Crippen MR) is 133 cm³/mol. The van der Waals surface area contributed by atoms with E-state index in [-0.39, 0.29) is 11.7 Å². The fourth-order valence-electron chi connectivity index (χ4n) is 4.15. The lowest BCUT2D eigenvalue weighted by atomic mass is 10.0. The Hall–Kier alpha value is -3.00. The van der Waals surface area contributed by atoms with E-state index in [2.05, 4.69) is 20.5 Å². The fraction of sp³-hybridized carbons (Fsp3) is 0.423. The molecule has 34 heavy (non-hydrogen) atoms. The van der Waals surface area contributed by atoms with Crippen molar-refractivity contribution >= 4 is 17.7 Å². The highest BCUT2D eigenvalue weighted by Crippen LogP contribution is 2.29. The van der Waals surface area contributed by atoms with Crippen LogP contribution in [0.3, 0.4) is 0 Å². The zero-order chi connectivity index (χ0) is 23.6. The standard InChI is InChI=1S/C26H32N4O3S/c1-32-23-15-21(11-13-22(23)33-17-20-9-3-2-4-10-20)16-27-25(31)18-34-26-28-24(29-30-26)14-12-19-7-5-6-8-19/h2-4,9-11,13,15,19H,5-8,12,14,16-18H2,1H3,(H,27,31)(H,28,29,30). The Kier molecular flexibility index (Phi) is 8.84. The first-order valence-corrected chi connectivity index (χ1v) is 12.8. The third kappa shape index (κ3) is 7.25. The second kappa shape index (κ2) is 12.5. The first-order chi connectivity index (χ1) is 16.7. The first kappa shape index (κ1) is 24.1. The maximum Gasteiger partial charge on any atom is 0.230 e. The number of amides is 1. The maximum absolute atomic E-state index is 12.3. The van der Waals surface area contributed by atoms with Crippen LogP contribution in [0.4, 0.5) is 0 Å². The number of benzene rings is 2. The Morgan fingerprint density at radius 3 is 2.74 bits per heavy atom. The van der Waals surface area contributed by atoms with Crippen LogP contribution in [0.1, 0.15) is 49.1 Å². The molecule has 1 aromatic heterocycles. The molecular weight excluding hydrogens is 448 g/mol. The van der Waals surface area contributed by atoms with Gasteiger partial charge in [-0.05, 0) is 35.6 Å². The molecule has 1 amide bonds. The molecule has 0 unspecified atom stereocenters. The second-order valence-corrected chi connectivity index (χ2v) is 9.52. The molecule has 1 fully saturated rings. The number of H-pyrrole nitrogens is 1. The molecule has 0 spiro atoms. The van der Waals surface area contributed by atoms with Crippen molar-refractivity contribution < 1.29 is 14.3 Å². The Balaban J connectivity index is 1.19. The van der Waals surface area contributed by atoms with E-state index in [1.807, 2.05) is 48.5 Å². The lowest BCUT2D eigenvalue weighted by Crippen LogP contribution is -2.24. The first-order valence-electron chi connectivity index (χ1n) is 11.8. The van der Waals surface area contributed by atoms with Gasteiger partial charge in [0.2, 0.25) is 11.1 Å². The van der Waals surface area contributed by atoms with Crippen LogP contribution in [0.25, 0.3) is 0 Å². The van der Waals surface area contributed by atoms with Gasteiger partial charge in [0.15, 0.2) is 11.5 Å². The average molecular weight is 481 g/mol. The van der Waals surface area contributed by atoms with Gasteiger partial charge in [0.1, 0.15) is 12.4 Å². The van der Waals surface area contributed by atoms with Gasteiger partial charge in [0, 0.05) is 13.0 Å². The van der Waals surface area contributed by atoms with Crippen LogP contribution in [0.2, 0.25) is 0 Å². The number of hydrogen-bond acceptors (Lipinski definition) is 6. The molecule has 4 rings (SSSR count). The number of aryl methyl sites for hydroxylation is 1. The molecule has 3 aromatic rings. The number of aromatic nitrogens is 3. The van der Waals surface area contributed by atoms with Gasteiger partial charge in [-0.25, -0.2) is 4.98 Å². The van der Waals surface area contributed by atoms with Gasteiger partial charge in [0.05, 0.1) is 12.9 Å². The van der Waals surface area contributed by atoms with Gasteiger partial charge in [-0.3, -0.25) is 9.89 Å². The summed E-state index contributed by atoms with van der Waals surface area (Å²) in [6.45, 7) is 0.878. The molecule has 0 saturated heterocycles. The number of methoxy groups -OCH3 is 1. The van der Waals surface area contributed by atoms with E-state index >= 15 is 0 Å². The van der Waals surface area contributed by atoms with Crippen LogP contribution in [0.5, 0.6) is 11.5 Å². The molecule has 8 heteroatoms. The summed E-state index contributed by atoms with van der Waals surface area (Å²) < 4.78 is 11.4. The van der Waals surface area contributed by atoms with E-state index in [1.165, 1.54) is 43.9 Å². The SMILES string of the molecule is COc1cc(CNC(=O)CSc2n[nH]c(CCC3CCCC3)n2)ccc1OCc1ccccc1. The van der Waals surface area contributed by atoms with Gasteiger partial charge < -0.3 is 14.8 Å². The highest BCUT2D eigenvalue weighted by Gasteiger charge is 2.16. The molecule has 180 valence electrons. The summed E-state index contributed by atoms with van der Waals surface area (Å²) in [5.74, 6) is 3.26. The van der Waals surface area contributed by atoms with Crippen LogP contribution >= 0.6 is 11.8 Å². The minimum atomic E-state index is -0.0642. The Bertz CT molecular complexity index is 1050. The molecule has 0 atom stereocenters. The lowest BCUT2D eigenvalue weighted by Gasteiger charge is -2.13. The monoisotopic (exact) mass is 480 g/mol. The van der Waals surface area contributed by atoms with Crippen LogP contribution in [0, 0.1) is 5.92 Å². The zero-order valence-electron chi connectivity index (χ0n) is 19.6. The van der Waals surface area contributed by atoms with Crippen LogP contribution in [-0.2, 0) is 24.4 Å². The lowest BCUT2D eigenvalue weighted by molar-refractivity contribution is -0.118. The van der Waals surface area contributed by atoms with Gasteiger partial charge in [-0.15, -0.1) is 5.10 Å². The third-order valence-corrected chi connectivity index (χ3v) is 6.91. The molecule has 1 aliphatic carbocycles. The molecule has 7 nitrogen and oxygen atoms in total. The maximum atomic E-state index is 12.3. The van der Waals surface area contributed by atoms with E-state index < -0.39 is 0 Å². The Morgan fingerprint density at radius 1 is 1.12 bits per heavy atom. The topological polar surface area (TPSA) is 89.1 Å². The van der Waals surface area contributed by atoms with E-state index in [9.17, 15) is 4.79 Å². The van der Waals surface area contributed by atoms with E-state index in [0.717, 1.165) is 29.3 Å². The average Bonchev–Trinajstić information content (AvgIpc) is 3.56. The van der Waals surface area contributed by atoms with Crippen molar-refractivity contribution in [1.29, 1.82) is 0 Å². The number of carbonyl (C=O) groups is 1. The summed E-state index contributed by atoms with van der Waals surface area (Å²) in [5.41, 5.74) is 2.03. The number of nitrogens with zero attached hydrogens (tertiary/aromatic N) is 2. The number of nitrogens with one attached hydrogen (secondary N) is 2. The third-order valence-electron chi connectivity index (χ3n) is 6.06. The molecule has 2 aromatic carbocycles. The highest BCUT2D eigenvalue weighted by molar-refractivity contribution is 7.99. The van der Waals surface area contributed by atoms with E-state index in [0.29, 0.717) is 29.8 Å². The summed E-state index contributed by atoms with van der Waals surface area (Å²) in [6.07, 6.45) is 7.49. The number of hydrogen-bond donors (Lipinski definition) is 2. The summed E-state index contributed by atoms with van der Waals surface area (Å²) >= 11 is 1.35. The molecule has 0 bridgehead atoms. The van der Waals surface area contributed by atoms with Crippen molar-refractivity contribution in [2.45, 2.75) is 56.8 Å². The molecule has 0 radical (unpaired) electrons. The quantitative estimate of drug-likeness (QED) is 0.358. The molecule has 2 N–H and O–H groups in total. The minimum absolute atomic E-state index is 0.0642. The van der Waals surface area contributed by atoms with Gasteiger partial charge in [-0.1, -0.05) is 73.8 Å². The van der Waals surface area contributed by atoms with E-state index in [4.69, 9.17) is 9.47 Å². The van der Waals surface area contributed by atoms with Crippen molar-refractivity contribution in [3.05, 3.63) is 65.5 Å². The number of thioether (sulfide) groups is 1. The van der Waals surface area contributed by atoms with Crippen molar-refractivity contribution in [2.75, 3.05) is 12.9 Å². The Labute approximate surface area is 205 Å². The van der Waals surface area contributed by atoms with Crippen molar-refractivity contribution in [2.24, 2.45) is 5.92 Å². The molecule has 1 aliphatic rings. The van der Waals surface area contributed by atoms with Gasteiger partial charge in [0.25, 0.3) is 0 Å². The van der Waals surface area contributed by atoms with E-state index in [1.54, 1.807) is 7.11 Å². The van der Waals surface area contributed by atoms with Crippen molar-refractivity contribution in [1.82, 2.24) is 20.5 Å². The van der Waals surface area contributed by atoms with Crippen LogP contribution in [-0.4, -0.2) is 34.0 Å². The number of rotatable bonds is 12. The summed E-state index contributed by atoms with van der Waals surface area (Å²) in [7, 11) is 1.61. The second-order valence-electron chi connectivity index (χ2n) is 8.58. The number of aromatic amines is 1. The normalized spacial score (nSPS) is 13.7. The molecule has 0 aliphatic heterocycles. The number of ether oxygens (including phenoxy) is 2. The summed E-state index contributed by atoms with van der Waals surface area (Å²) in [4.78, 5) is 16.8. The van der Waals surface area contributed by atoms with Gasteiger partial charge >= 0.3 is 0 Å². The largest absolute Gasteiger partial charge is 0.493 e. The molecule has 1 saturated carbocycles. The summed E-state index contributed by atoms with van der Waals surface area (Å²) in [6, 6.07) is 15.7. The smallest absolute Gasteiger partial charge is 0.230 e. The molecular formula is C26H32N4O3S. The number of carbonyl (C=O) groups excluding carboxylic acids is 1. The fourth-order valence-corrected chi connectivity index (χ4v) is 4.80. The zero-order valence-corrected chi connectivity index (χ0v) is 20.4. The van der Waals surface area contributed by atoms with Crippen molar-refractivity contribution in [3.8, 4) is 11.5 Å². The predicted octanol–water partition coefficient (Wildman–Crippen LogP) is 4.92. The Morgan fingerprint density at radius 2 is 1.94 bits per heavy atom. The summed E-state index contributed by atoms with van der Waals surface area (Å²) in [5, 5.41) is 10.8.